The topological polar surface area (TPSA) is 26.0 Å². The molecule has 0 fully saturated rings. The van der Waals surface area contributed by atoms with E-state index in [-0.39, 0.29) is 0 Å². The minimum atomic E-state index is 0.384. The van der Waals surface area contributed by atoms with Crippen molar-refractivity contribution in [2.24, 2.45) is 17.1 Å². The molecule has 0 saturated carbocycles. The molecule has 0 aromatic rings. The molecule has 1 nitrogen and oxygen atoms in total. The summed E-state index contributed by atoms with van der Waals surface area (Å²) in [5.41, 5.74) is 6.97. The van der Waals surface area contributed by atoms with Crippen LogP contribution in [0.15, 0.2) is 11.8 Å². The van der Waals surface area contributed by atoms with E-state index in [2.05, 4.69) is 33.8 Å². The fourth-order valence-corrected chi connectivity index (χ4v) is 1.49. The fraction of sp³-hybridized carbons (Fsp3) is 0.818. The van der Waals surface area contributed by atoms with Gasteiger partial charge >= 0.3 is 0 Å². The maximum Gasteiger partial charge on any atom is 0.00112 e. The Balaban J connectivity index is 4.24. The molecule has 1 unspecified atom stereocenters. The zero-order chi connectivity index (χ0) is 9.78. The van der Waals surface area contributed by atoms with E-state index in [0.29, 0.717) is 11.3 Å². The first-order chi connectivity index (χ1) is 5.40. The summed E-state index contributed by atoms with van der Waals surface area (Å²) in [4.78, 5) is 0. The smallest absolute Gasteiger partial charge is 0.00112 e. The van der Waals surface area contributed by atoms with Gasteiger partial charge in [0.25, 0.3) is 0 Å². The zero-order valence-corrected chi connectivity index (χ0v) is 9.15. The monoisotopic (exact) mass is 169 g/mol. The summed E-state index contributed by atoms with van der Waals surface area (Å²) >= 11 is 0. The van der Waals surface area contributed by atoms with E-state index in [4.69, 9.17) is 5.73 Å². The van der Waals surface area contributed by atoms with Crippen molar-refractivity contribution in [3.8, 4) is 0 Å². The lowest BCUT2D eigenvalue weighted by Crippen LogP contribution is -2.20. The average molecular weight is 169 g/mol. The van der Waals surface area contributed by atoms with Crippen molar-refractivity contribution in [1.82, 2.24) is 0 Å². The van der Waals surface area contributed by atoms with Crippen LogP contribution >= 0.6 is 0 Å². The molecule has 1 heteroatoms. The first-order valence-electron chi connectivity index (χ1n) is 4.84. The lowest BCUT2D eigenvalue weighted by molar-refractivity contribution is 0.251. The van der Waals surface area contributed by atoms with E-state index in [1.54, 1.807) is 0 Å². The van der Waals surface area contributed by atoms with Crippen LogP contribution < -0.4 is 5.73 Å². The van der Waals surface area contributed by atoms with E-state index >= 15 is 0 Å². The minimum Gasteiger partial charge on any atom is -0.403 e. The SMILES string of the molecule is CCCC(C)(C)C(C)/C=C(/C)N. The van der Waals surface area contributed by atoms with Gasteiger partial charge in [0.1, 0.15) is 0 Å². The molecular formula is C11H23N. The molecule has 72 valence electrons. The quantitative estimate of drug-likeness (QED) is 0.686. The molecule has 0 aliphatic heterocycles. The van der Waals surface area contributed by atoms with Crippen LogP contribution in [-0.4, -0.2) is 0 Å². The van der Waals surface area contributed by atoms with E-state index in [0.717, 1.165) is 5.70 Å². The zero-order valence-electron chi connectivity index (χ0n) is 9.15. The standard InChI is InChI=1S/C11H23N/c1-6-7-11(4,5)9(2)8-10(3)12/h8-9H,6-7,12H2,1-5H3/b10-8-. The van der Waals surface area contributed by atoms with Gasteiger partial charge in [-0.15, -0.1) is 0 Å². The number of hydrogen-bond donors (Lipinski definition) is 1. The van der Waals surface area contributed by atoms with Gasteiger partial charge < -0.3 is 5.73 Å². The van der Waals surface area contributed by atoms with Crippen LogP contribution in [0.3, 0.4) is 0 Å². The highest BCUT2D eigenvalue weighted by Crippen LogP contribution is 2.32. The van der Waals surface area contributed by atoms with Crippen LogP contribution in [0.5, 0.6) is 0 Å². The van der Waals surface area contributed by atoms with Crippen LogP contribution in [0.2, 0.25) is 0 Å². The van der Waals surface area contributed by atoms with Crippen LogP contribution in [0.4, 0.5) is 0 Å². The van der Waals surface area contributed by atoms with Crippen molar-refractivity contribution < 1.29 is 0 Å². The molecule has 0 aliphatic carbocycles. The Hall–Kier alpha value is -0.460. The number of allylic oxidation sites excluding steroid dienone is 2. The maximum atomic E-state index is 5.65. The third-order valence-electron chi connectivity index (χ3n) is 2.64. The Morgan fingerprint density at radius 3 is 2.33 bits per heavy atom. The molecule has 0 saturated heterocycles. The van der Waals surface area contributed by atoms with Gasteiger partial charge in [0.2, 0.25) is 0 Å². The molecule has 0 heterocycles. The van der Waals surface area contributed by atoms with E-state index in [1.807, 2.05) is 6.92 Å². The fourth-order valence-electron chi connectivity index (χ4n) is 1.49. The summed E-state index contributed by atoms with van der Waals surface area (Å²) < 4.78 is 0. The third kappa shape index (κ3) is 3.80. The van der Waals surface area contributed by atoms with E-state index in [9.17, 15) is 0 Å². The van der Waals surface area contributed by atoms with Crippen LogP contribution in [0.25, 0.3) is 0 Å². The minimum absolute atomic E-state index is 0.384. The van der Waals surface area contributed by atoms with Crippen molar-refractivity contribution in [1.29, 1.82) is 0 Å². The number of hydrogen-bond acceptors (Lipinski definition) is 1. The van der Waals surface area contributed by atoms with Crippen molar-refractivity contribution in [2.75, 3.05) is 0 Å². The largest absolute Gasteiger partial charge is 0.403 e. The molecule has 0 spiro atoms. The van der Waals surface area contributed by atoms with Gasteiger partial charge in [-0.25, -0.2) is 0 Å². The van der Waals surface area contributed by atoms with Gasteiger partial charge in [0, 0.05) is 5.70 Å². The van der Waals surface area contributed by atoms with Gasteiger partial charge in [-0.05, 0) is 24.7 Å². The summed E-state index contributed by atoms with van der Waals surface area (Å²) in [6, 6.07) is 0. The summed E-state index contributed by atoms with van der Waals surface area (Å²) in [6.07, 6.45) is 4.67. The van der Waals surface area contributed by atoms with Crippen LogP contribution in [-0.2, 0) is 0 Å². The number of rotatable bonds is 4. The molecule has 0 radical (unpaired) electrons. The predicted octanol–water partition coefficient (Wildman–Crippen LogP) is 3.31. The molecular weight excluding hydrogens is 146 g/mol. The first-order valence-corrected chi connectivity index (χ1v) is 4.84. The van der Waals surface area contributed by atoms with Crippen molar-refractivity contribution >= 4 is 0 Å². The average Bonchev–Trinajstić information content (AvgIpc) is 1.85. The second-order valence-corrected chi connectivity index (χ2v) is 4.44. The second kappa shape index (κ2) is 4.54. The highest BCUT2D eigenvalue weighted by atomic mass is 14.5. The lowest BCUT2D eigenvalue weighted by Gasteiger charge is -2.29. The molecule has 1 atom stereocenters. The van der Waals surface area contributed by atoms with E-state index < -0.39 is 0 Å². The Labute approximate surface area is 77.0 Å². The van der Waals surface area contributed by atoms with Crippen molar-refractivity contribution in [3.63, 3.8) is 0 Å². The van der Waals surface area contributed by atoms with Gasteiger partial charge in [0.05, 0.1) is 0 Å². The normalized spacial score (nSPS) is 16.2. The van der Waals surface area contributed by atoms with Gasteiger partial charge in [-0.2, -0.15) is 0 Å². The molecule has 0 aromatic heterocycles. The Morgan fingerprint density at radius 2 is 2.00 bits per heavy atom. The van der Waals surface area contributed by atoms with Gasteiger partial charge in [0.15, 0.2) is 0 Å². The Morgan fingerprint density at radius 1 is 1.50 bits per heavy atom. The van der Waals surface area contributed by atoms with E-state index in [1.165, 1.54) is 12.8 Å². The summed E-state index contributed by atoms with van der Waals surface area (Å²) in [5, 5.41) is 0. The van der Waals surface area contributed by atoms with Gasteiger partial charge in [-0.1, -0.05) is 40.2 Å². The maximum absolute atomic E-state index is 5.65. The lowest BCUT2D eigenvalue weighted by atomic mass is 9.76. The Bertz CT molecular complexity index is 152. The Kier molecular flexibility index (Phi) is 4.36. The predicted molar refractivity (Wildman–Crippen MR) is 55.8 cm³/mol. The highest BCUT2D eigenvalue weighted by molar-refractivity contribution is 4.99. The molecule has 0 aliphatic rings. The second-order valence-electron chi connectivity index (χ2n) is 4.44. The summed E-state index contributed by atoms with van der Waals surface area (Å²) in [5.74, 6) is 0.572. The van der Waals surface area contributed by atoms with Crippen molar-refractivity contribution in [3.05, 3.63) is 11.8 Å². The number of nitrogens with two attached hydrogens (primary N) is 1. The third-order valence-corrected chi connectivity index (χ3v) is 2.64. The van der Waals surface area contributed by atoms with Crippen molar-refractivity contribution in [2.45, 2.75) is 47.5 Å². The van der Waals surface area contributed by atoms with Gasteiger partial charge in [-0.3, -0.25) is 0 Å². The summed E-state index contributed by atoms with van der Waals surface area (Å²) in [6.45, 7) is 11.0. The molecule has 2 N–H and O–H groups in total. The molecule has 0 aromatic carbocycles. The molecule has 0 amide bonds. The first kappa shape index (κ1) is 11.5. The summed E-state index contributed by atoms with van der Waals surface area (Å²) in [7, 11) is 0. The highest BCUT2D eigenvalue weighted by Gasteiger charge is 2.22. The molecule has 12 heavy (non-hydrogen) atoms. The van der Waals surface area contributed by atoms with Crippen LogP contribution in [0, 0.1) is 11.3 Å². The molecule has 0 rings (SSSR count). The van der Waals surface area contributed by atoms with Crippen LogP contribution in [0.1, 0.15) is 47.5 Å². The molecule has 0 bridgehead atoms.